The molecule has 0 aliphatic carbocycles. The van der Waals surface area contributed by atoms with Crippen LogP contribution in [-0.2, 0) is 0 Å². The van der Waals surface area contributed by atoms with Crippen LogP contribution in [0.5, 0.6) is 0 Å². The van der Waals surface area contributed by atoms with Crippen LogP contribution in [0.3, 0.4) is 0 Å². The molecule has 0 unspecified atom stereocenters. The summed E-state index contributed by atoms with van der Waals surface area (Å²) in [6, 6.07) is 14.5. The van der Waals surface area contributed by atoms with Crippen LogP contribution in [0, 0.1) is 0 Å². The van der Waals surface area contributed by atoms with Gasteiger partial charge in [-0.1, -0.05) is 11.6 Å². The van der Waals surface area contributed by atoms with Crippen molar-refractivity contribution in [2.24, 2.45) is 0 Å². The van der Waals surface area contributed by atoms with Gasteiger partial charge in [0.1, 0.15) is 9.71 Å². The molecule has 0 saturated carbocycles. The van der Waals surface area contributed by atoms with Crippen molar-refractivity contribution in [2.75, 3.05) is 11.1 Å². The number of anilines is 2. The molecular weight excluding hydrogens is 438 g/mol. The number of benzene rings is 1. The molecule has 5 nitrogen and oxygen atoms in total. The highest BCUT2D eigenvalue weighted by Gasteiger charge is 2.17. The molecule has 1 amide bonds. The normalized spacial score (nSPS) is 11.1. The molecule has 0 radical (unpaired) electrons. The number of hydrogen-bond acceptors (Lipinski definition) is 6. The van der Waals surface area contributed by atoms with Crippen molar-refractivity contribution in [3.8, 4) is 0 Å². The Kier molecular flexibility index (Phi) is 6.30. The Morgan fingerprint density at radius 3 is 2.53 bits per heavy atom. The predicted octanol–water partition coefficient (Wildman–Crippen LogP) is 6.51. The van der Waals surface area contributed by atoms with Crippen LogP contribution in [-0.4, -0.2) is 16.7 Å². The monoisotopic (exact) mass is 459 g/mol. The zero-order valence-electron chi connectivity index (χ0n) is 17.6. The van der Waals surface area contributed by atoms with Crippen LogP contribution in [0.25, 0.3) is 22.4 Å². The Morgan fingerprint density at radius 2 is 1.84 bits per heavy atom. The molecule has 3 N–H and O–H groups in total. The van der Waals surface area contributed by atoms with Gasteiger partial charge in [-0.05, 0) is 79.9 Å². The second kappa shape index (κ2) is 9.30. The van der Waals surface area contributed by atoms with Gasteiger partial charge >= 0.3 is 0 Å². The second-order valence-corrected chi connectivity index (χ2v) is 9.38. The van der Waals surface area contributed by atoms with Crippen LogP contribution in [0.4, 0.5) is 11.4 Å². The number of pyridine rings is 1. The molecule has 0 aliphatic heterocycles. The smallest absolute Gasteiger partial charge is 0.267 e. The Hall–Kier alpha value is -3.55. The third-order valence-corrected chi connectivity index (χ3v) is 6.58. The summed E-state index contributed by atoms with van der Waals surface area (Å²) < 4.78 is 0. The number of fused-ring (bicyclic) bond motifs is 1. The zero-order chi connectivity index (χ0) is 22.7. The molecule has 4 rings (SSSR count). The molecule has 0 saturated heterocycles. The maximum absolute atomic E-state index is 12.8. The number of amides is 1. The highest BCUT2D eigenvalue weighted by atomic mass is 32.1. The average molecular weight is 460 g/mol. The first-order valence-electron chi connectivity index (χ1n) is 9.92. The lowest BCUT2D eigenvalue weighted by Gasteiger charge is -2.05. The van der Waals surface area contributed by atoms with Crippen molar-refractivity contribution in [1.29, 1.82) is 0 Å². The van der Waals surface area contributed by atoms with Gasteiger partial charge in [0.15, 0.2) is 5.78 Å². The van der Waals surface area contributed by atoms with Gasteiger partial charge in [-0.25, -0.2) is 4.98 Å². The van der Waals surface area contributed by atoms with Gasteiger partial charge in [-0.3, -0.25) is 9.59 Å². The number of nitrogens with two attached hydrogens (primary N) is 1. The van der Waals surface area contributed by atoms with Gasteiger partial charge in [0.25, 0.3) is 5.91 Å². The highest BCUT2D eigenvalue weighted by Crippen LogP contribution is 2.33. The number of nitrogens with zero attached hydrogens (tertiary/aromatic N) is 1. The second-order valence-electron chi connectivity index (χ2n) is 7.40. The summed E-state index contributed by atoms with van der Waals surface area (Å²) in [4.78, 5) is 31.9. The van der Waals surface area contributed by atoms with E-state index in [4.69, 9.17) is 5.73 Å². The number of nitrogens with one attached hydrogen (secondary N) is 1. The molecule has 0 bridgehead atoms. The molecule has 32 heavy (non-hydrogen) atoms. The van der Waals surface area contributed by atoms with Crippen LogP contribution in [0.2, 0.25) is 0 Å². The number of thiophene rings is 2. The SMILES string of the molecule is CC(C)=Cc1ccc2c(N)c(C(=O)Nc3ccc(C(=O)/C=C/c4cccs4)cc3)sc2n1. The summed E-state index contributed by atoms with van der Waals surface area (Å²) in [6.07, 6.45) is 5.32. The maximum Gasteiger partial charge on any atom is 0.267 e. The number of nitrogen functional groups attached to an aromatic ring is 1. The number of hydrogen-bond donors (Lipinski definition) is 2. The number of carbonyl (C=O) groups is 2. The first kappa shape index (κ1) is 21.7. The number of aromatic nitrogens is 1. The Balaban J connectivity index is 1.49. The topological polar surface area (TPSA) is 85.1 Å². The molecule has 3 heterocycles. The van der Waals surface area contributed by atoms with Crippen molar-refractivity contribution < 1.29 is 9.59 Å². The minimum absolute atomic E-state index is 0.0942. The Labute approximate surface area is 193 Å². The van der Waals surface area contributed by atoms with Gasteiger partial charge in [0, 0.05) is 21.5 Å². The van der Waals surface area contributed by atoms with E-state index < -0.39 is 0 Å². The van der Waals surface area contributed by atoms with Gasteiger partial charge in [-0.2, -0.15) is 0 Å². The lowest BCUT2D eigenvalue weighted by molar-refractivity contribution is 0.102. The van der Waals surface area contributed by atoms with Crippen molar-refractivity contribution >= 4 is 68.1 Å². The first-order valence-corrected chi connectivity index (χ1v) is 11.6. The summed E-state index contributed by atoms with van der Waals surface area (Å²) in [5, 5.41) is 5.58. The summed E-state index contributed by atoms with van der Waals surface area (Å²) in [7, 11) is 0. The standard InChI is InChI=1S/C25H21N3O2S2/c1-15(2)14-18-9-11-20-22(26)23(32-25(20)28-18)24(30)27-17-7-5-16(6-8-17)21(29)12-10-19-4-3-13-31-19/h3-14H,26H2,1-2H3,(H,27,30)/b12-10+. The lowest BCUT2D eigenvalue weighted by atomic mass is 10.1. The summed E-state index contributed by atoms with van der Waals surface area (Å²) in [5.41, 5.74) is 9.76. The molecule has 3 aromatic heterocycles. The molecule has 0 fully saturated rings. The third kappa shape index (κ3) is 4.85. The van der Waals surface area contributed by atoms with Crippen LogP contribution >= 0.6 is 22.7 Å². The minimum atomic E-state index is -0.300. The predicted molar refractivity (Wildman–Crippen MR) is 135 cm³/mol. The number of allylic oxidation sites excluding steroid dienone is 2. The average Bonchev–Trinajstić information content (AvgIpc) is 3.40. The fourth-order valence-corrected chi connectivity index (χ4v) is 4.72. The van der Waals surface area contributed by atoms with E-state index in [1.807, 2.05) is 49.6 Å². The van der Waals surface area contributed by atoms with E-state index in [0.717, 1.165) is 26.4 Å². The summed E-state index contributed by atoms with van der Waals surface area (Å²) in [5.74, 6) is -0.394. The van der Waals surface area contributed by atoms with Crippen molar-refractivity contribution in [3.05, 3.63) is 86.6 Å². The van der Waals surface area contributed by atoms with E-state index in [1.54, 1.807) is 47.8 Å². The highest BCUT2D eigenvalue weighted by molar-refractivity contribution is 7.21. The van der Waals surface area contributed by atoms with E-state index in [1.165, 1.54) is 11.3 Å². The quantitative estimate of drug-likeness (QED) is 0.254. The van der Waals surface area contributed by atoms with Crippen LogP contribution in [0.1, 0.15) is 44.4 Å². The van der Waals surface area contributed by atoms with Gasteiger partial charge in [-0.15, -0.1) is 22.7 Å². The van der Waals surface area contributed by atoms with Crippen LogP contribution in [0.15, 0.2) is 65.6 Å². The Morgan fingerprint density at radius 1 is 1.06 bits per heavy atom. The number of rotatable bonds is 6. The molecule has 0 atom stereocenters. The van der Waals surface area contributed by atoms with Gasteiger partial charge in [0.05, 0.1) is 11.4 Å². The van der Waals surface area contributed by atoms with Crippen molar-refractivity contribution in [1.82, 2.24) is 4.98 Å². The summed E-state index contributed by atoms with van der Waals surface area (Å²) in [6.45, 7) is 4.01. The Bertz CT molecular complexity index is 1340. The first-order chi connectivity index (χ1) is 15.4. The largest absolute Gasteiger partial charge is 0.397 e. The molecule has 0 aliphatic rings. The maximum atomic E-state index is 12.8. The van der Waals surface area contributed by atoms with E-state index in [2.05, 4.69) is 10.3 Å². The van der Waals surface area contributed by atoms with E-state index in [0.29, 0.717) is 21.8 Å². The molecule has 0 spiro atoms. The number of ketones is 1. The molecule has 4 aromatic rings. The zero-order valence-corrected chi connectivity index (χ0v) is 19.2. The fourth-order valence-electron chi connectivity index (χ4n) is 3.10. The van der Waals surface area contributed by atoms with E-state index in [-0.39, 0.29) is 11.7 Å². The van der Waals surface area contributed by atoms with Gasteiger partial charge in [0.2, 0.25) is 0 Å². The van der Waals surface area contributed by atoms with Crippen LogP contribution < -0.4 is 11.1 Å². The van der Waals surface area contributed by atoms with E-state index >= 15 is 0 Å². The van der Waals surface area contributed by atoms with Gasteiger partial charge < -0.3 is 11.1 Å². The molecule has 160 valence electrons. The molecule has 1 aromatic carbocycles. The molecular formula is C25H21N3O2S2. The van der Waals surface area contributed by atoms with Crippen molar-refractivity contribution in [2.45, 2.75) is 13.8 Å². The lowest BCUT2D eigenvalue weighted by Crippen LogP contribution is -2.12. The third-order valence-electron chi connectivity index (χ3n) is 4.63. The minimum Gasteiger partial charge on any atom is -0.397 e. The van der Waals surface area contributed by atoms with Crippen molar-refractivity contribution in [3.63, 3.8) is 0 Å². The molecule has 7 heteroatoms. The fraction of sp³-hybridized carbons (Fsp3) is 0.0800. The summed E-state index contributed by atoms with van der Waals surface area (Å²) >= 11 is 2.84. The number of carbonyl (C=O) groups excluding carboxylic acids is 2. The van der Waals surface area contributed by atoms with E-state index in [9.17, 15) is 9.59 Å².